The highest BCUT2D eigenvalue weighted by Crippen LogP contribution is 2.38. The van der Waals surface area contributed by atoms with Crippen molar-refractivity contribution < 1.29 is 76.2 Å². The van der Waals surface area contributed by atoms with E-state index >= 15 is 0 Å². The molecule has 2 aliphatic heterocycles. The summed E-state index contributed by atoms with van der Waals surface area (Å²) in [6.07, 6.45) is 2.90. The number of nitrogens with zero attached hydrogens (tertiary/aromatic N) is 4. The molecule has 2 aliphatic rings. The molecule has 3 N–H and O–H groups in total. The first-order valence-corrected chi connectivity index (χ1v) is 19.7. The Labute approximate surface area is 367 Å². The standard InChI is InChI=1S/C42H55N7O10.HI/c1-42(2,3)59-41(55)47-18-21-49(4,22-19-47)20-10-14-34(50)46-30-12-8-11-28-29(15-16-43-36(28)30)39(53)45-26-35(51)48-17-9-13-31(48)37(52)40(54)44-25-27-23-32(56-5)38(58-7)33(24-27)57-6;/h8,11-12,15-16,23-24,31H,9-10,13-14,17-22,25-26H2,1-7H3,(H2-,44,45,46,50,53,54);1H/t31-;/m0./s1. The first-order chi connectivity index (χ1) is 28.1. The maximum Gasteiger partial charge on any atom is 0.410 e. The number of rotatable bonds is 15. The van der Waals surface area contributed by atoms with Crippen LogP contribution in [0.4, 0.5) is 10.5 Å². The summed E-state index contributed by atoms with van der Waals surface area (Å²) in [5, 5.41) is 8.69. The SMILES string of the molecule is COc1cc(CNC(=O)C(=O)[C@@H]2CCCN2C(=O)CNC(=O)c2ccnc3c(NC(=O)CCC[N+]4(C)CCN(C(=O)OC(C)(C)C)CC4)cccc23)cc(OC)c1OC.[I-]. The van der Waals surface area contributed by atoms with Crippen LogP contribution >= 0.6 is 0 Å². The number of aromatic nitrogens is 1. The van der Waals surface area contributed by atoms with Crippen molar-refractivity contribution in [1.29, 1.82) is 0 Å². The minimum Gasteiger partial charge on any atom is -1.00 e. The number of anilines is 1. The maximum atomic E-state index is 13.4. The molecule has 0 saturated carbocycles. The van der Waals surface area contributed by atoms with Crippen LogP contribution in [0, 0.1) is 0 Å². The third-order valence-corrected chi connectivity index (χ3v) is 10.5. The summed E-state index contributed by atoms with van der Waals surface area (Å²) in [4.78, 5) is 86.0. The summed E-state index contributed by atoms with van der Waals surface area (Å²) in [5.41, 5.74) is 1.18. The number of ether oxygens (including phenoxy) is 4. The largest absolute Gasteiger partial charge is 1.00 e. The van der Waals surface area contributed by atoms with Crippen molar-refractivity contribution >= 4 is 52.1 Å². The molecule has 2 saturated heterocycles. The number of halogens is 1. The number of fused-ring (bicyclic) bond motifs is 1. The summed E-state index contributed by atoms with van der Waals surface area (Å²) in [7, 11) is 6.55. The molecule has 0 spiro atoms. The lowest BCUT2D eigenvalue weighted by molar-refractivity contribution is -0.913. The number of carbonyl (C=O) groups is 6. The molecule has 17 nitrogen and oxygen atoms in total. The van der Waals surface area contributed by atoms with Crippen molar-refractivity contribution in [2.24, 2.45) is 0 Å². The van der Waals surface area contributed by atoms with E-state index in [4.69, 9.17) is 18.9 Å². The number of para-hydroxylation sites is 1. The van der Waals surface area contributed by atoms with E-state index in [1.807, 2.05) is 20.8 Å². The monoisotopic (exact) mass is 945 g/mol. The normalized spacial score (nSPS) is 15.9. The molecule has 326 valence electrons. The fourth-order valence-electron chi connectivity index (χ4n) is 7.34. The second kappa shape index (κ2) is 20.8. The number of likely N-dealkylation sites (tertiary alicyclic amines) is 1. The minimum absolute atomic E-state index is 0. The number of quaternary nitrogens is 1. The zero-order valence-corrected chi connectivity index (χ0v) is 37.5. The summed E-state index contributed by atoms with van der Waals surface area (Å²) >= 11 is 0. The van der Waals surface area contributed by atoms with Gasteiger partial charge in [-0.05, 0) is 63.4 Å². The topological polar surface area (TPSA) is 195 Å². The molecule has 0 radical (unpaired) electrons. The number of pyridine rings is 1. The molecule has 5 rings (SSSR count). The Balaban J connectivity index is 0.00000794. The van der Waals surface area contributed by atoms with E-state index < -0.39 is 41.7 Å². The quantitative estimate of drug-likeness (QED) is 0.108. The molecule has 3 aromatic rings. The number of likely N-dealkylation sites (N-methyl/N-ethyl adjacent to an activating group) is 1. The Morgan fingerprint density at radius 2 is 1.60 bits per heavy atom. The number of methoxy groups -OCH3 is 3. The summed E-state index contributed by atoms with van der Waals surface area (Å²) in [6, 6.07) is 9.02. The summed E-state index contributed by atoms with van der Waals surface area (Å²) < 4.78 is 22.3. The molecule has 0 aliphatic carbocycles. The van der Waals surface area contributed by atoms with Gasteiger partial charge in [-0.2, -0.15) is 0 Å². The van der Waals surface area contributed by atoms with Gasteiger partial charge < -0.3 is 68.3 Å². The molecule has 0 unspecified atom stereocenters. The number of Topliss-reactive ketones (excluding diaryl/α,β-unsaturated/α-hetero) is 1. The van der Waals surface area contributed by atoms with Crippen LogP contribution in [-0.2, 0) is 30.5 Å². The Kier molecular flexibility index (Phi) is 16.5. The van der Waals surface area contributed by atoms with E-state index in [9.17, 15) is 28.8 Å². The molecule has 18 heteroatoms. The van der Waals surface area contributed by atoms with Gasteiger partial charge in [-0.3, -0.25) is 33.9 Å². The van der Waals surface area contributed by atoms with E-state index in [1.165, 1.54) is 38.5 Å². The van der Waals surface area contributed by atoms with Gasteiger partial charge in [0.05, 0.1) is 84.4 Å². The lowest BCUT2D eigenvalue weighted by atomic mass is 10.1. The van der Waals surface area contributed by atoms with E-state index in [2.05, 4.69) is 28.0 Å². The lowest BCUT2D eigenvalue weighted by Gasteiger charge is -2.42. The van der Waals surface area contributed by atoms with Crippen molar-refractivity contribution in [1.82, 2.24) is 25.4 Å². The predicted octanol–water partition coefficient (Wildman–Crippen LogP) is 0.287. The van der Waals surface area contributed by atoms with Crippen LogP contribution in [0.2, 0.25) is 0 Å². The lowest BCUT2D eigenvalue weighted by Crippen LogP contribution is -3.00. The van der Waals surface area contributed by atoms with Gasteiger partial charge in [0, 0.05) is 37.5 Å². The Bertz CT molecular complexity index is 2040. The number of nitrogens with one attached hydrogen (secondary N) is 3. The van der Waals surface area contributed by atoms with Crippen LogP contribution in [-0.4, -0.2) is 141 Å². The van der Waals surface area contributed by atoms with Gasteiger partial charge in [-0.1, -0.05) is 12.1 Å². The summed E-state index contributed by atoms with van der Waals surface area (Å²) in [6.45, 7) is 8.87. The maximum absolute atomic E-state index is 13.4. The zero-order valence-electron chi connectivity index (χ0n) is 35.4. The number of ketones is 1. The molecule has 3 heterocycles. The van der Waals surface area contributed by atoms with E-state index in [-0.39, 0.29) is 61.1 Å². The molecule has 1 atom stereocenters. The van der Waals surface area contributed by atoms with Crippen molar-refractivity contribution in [2.45, 2.75) is 64.6 Å². The fourth-order valence-corrected chi connectivity index (χ4v) is 7.34. The Morgan fingerprint density at radius 3 is 2.23 bits per heavy atom. The van der Waals surface area contributed by atoms with E-state index in [0.29, 0.717) is 71.8 Å². The number of piperazine rings is 1. The van der Waals surface area contributed by atoms with Crippen LogP contribution in [0.1, 0.15) is 62.4 Å². The van der Waals surface area contributed by atoms with Gasteiger partial charge in [0.2, 0.25) is 23.3 Å². The first-order valence-electron chi connectivity index (χ1n) is 19.7. The molecular formula is C42H56IN7O10. The zero-order chi connectivity index (χ0) is 42.9. The number of hydrogen-bond donors (Lipinski definition) is 3. The Hall–Kier alpha value is -5.24. The number of carbonyl (C=O) groups excluding carboxylic acids is 6. The van der Waals surface area contributed by atoms with Crippen LogP contribution in [0.25, 0.3) is 10.9 Å². The van der Waals surface area contributed by atoms with Gasteiger partial charge in [-0.15, -0.1) is 0 Å². The van der Waals surface area contributed by atoms with Crippen molar-refractivity contribution in [3.63, 3.8) is 0 Å². The molecule has 0 bridgehead atoms. The molecular weight excluding hydrogens is 889 g/mol. The molecule has 2 aromatic carbocycles. The van der Waals surface area contributed by atoms with Crippen LogP contribution < -0.4 is 54.1 Å². The highest BCUT2D eigenvalue weighted by molar-refractivity contribution is 6.38. The van der Waals surface area contributed by atoms with Crippen molar-refractivity contribution in [2.75, 3.05) is 79.5 Å². The van der Waals surface area contributed by atoms with Crippen molar-refractivity contribution in [3.8, 4) is 17.2 Å². The number of hydrogen-bond acceptors (Lipinski definition) is 11. The molecule has 60 heavy (non-hydrogen) atoms. The van der Waals surface area contributed by atoms with E-state index in [1.54, 1.807) is 35.2 Å². The third kappa shape index (κ3) is 11.9. The smallest absolute Gasteiger partial charge is 0.410 e. The highest BCUT2D eigenvalue weighted by Gasteiger charge is 2.37. The minimum atomic E-state index is -0.966. The van der Waals surface area contributed by atoms with Gasteiger partial charge in [0.25, 0.3) is 11.8 Å². The van der Waals surface area contributed by atoms with Crippen LogP contribution in [0.15, 0.2) is 42.6 Å². The summed E-state index contributed by atoms with van der Waals surface area (Å²) in [5.74, 6) is -1.64. The second-order valence-electron chi connectivity index (χ2n) is 16.0. The fraction of sp³-hybridized carbons (Fsp3) is 0.500. The van der Waals surface area contributed by atoms with Gasteiger partial charge in [0.15, 0.2) is 11.5 Å². The van der Waals surface area contributed by atoms with Gasteiger partial charge in [-0.25, -0.2) is 4.79 Å². The van der Waals surface area contributed by atoms with Crippen LogP contribution in [0.3, 0.4) is 0 Å². The molecule has 5 amide bonds. The predicted molar refractivity (Wildman–Crippen MR) is 218 cm³/mol. The van der Waals surface area contributed by atoms with Gasteiger partial charge in [0.1, 0.15) is 11.6 Å². The average molecular weight is 946 g/mol. The van der Waals surface area contributed by atoms with E-state index in [0.717, 1.165) is 24.1 Å². The van der Waals surface area contributed by atoms with Crippen LogP contribution in [0.5, 0.6) is 17.2 Å². The first kappa shape index (κ1) is 47.4. The number of amides is 5. The molecule has 1 aromatic heterocycles. The van der Waals surface area contributed by atoms with Crippen molar-refractivity contribution in [3.05, 3.63) is 53.7 Å². The van der Waals surface area contributed by atoms with Gasteiger partial charge >= 0.3 is 6.09 Å². The number of benzene rings is 2. The average Bonchev–Trinajstić information content (AvgIpc) is 3.71. The second-order valence-corrected chi connectivity index (χ2v) is 16.0. The third-order valence-electron chi connectivity index (χ3n) is 10.5. The highest BCUT2D eigenvalue weighted by atomic mass is 127. The molecule has 2 fully saturated rings. The Morgan fingerprint density at radius 1 is 0.917 bits per heavy atom.